The molecule has 3 fully saturated rings. The highest BCUT2D eigenvalue weighted by Crippen LogP contribution is 2.64. The molecule has 3 unspecified atom stereocenters. The predicted octanol–water partition coefficient (Wildman–Crippen LogP) is 4.56. The van der Waals surface area contributed by atoms with E-state index in [-0.39, 0.29) is 30.2 Å². The van der Waals surface area contributed by atoms with Gasteiger partial charge in [-0.25, -0.2) is 13.8 Å². The standard InChI is InChI=1S/C24H31F4N5O2/c1-3-13(2)33-19(9-18(31-33)14-6-20(35-23(25)26)22(29)30-10-14)21-16-7-15(8-17(16)21)32-4-5-34-12-24(27,28)11-32/h6,9-10,13,15-17,21,23H,3-5,7-8,11-12H2,1-2H3,(H2,29,30). The Balaban J connectivity index is 1.35. The number of ether oxygens (including phenoxy) is 2. The van der Waals surface area contributed by atoms with Gasteiger partial charge in [-0.3, -0.25) is 9.58 Å². The van der Waals surface area contributed by atoms with E-state index in [1.54, 1.807) is 0 Å². The monoisotopic (exact) mass is 497 g/mol. The quantitative estimate of drug-likeness (QED) is 0.565. The number of nitrogens with two attached hydrogens (primary N) is 1. The summed E-state index contributed by atoms with van der Waals surface area (Å²) in [6, 6.07) is 3.73. The molecule has 0 amide bonds. The molecular formula is C24H31F4N5O2. The van der Waals surface area contributed by atoms with Crippen LogP contribution in [0.2, 0.25) is 0 Å². The van der Waals surface area contributed by atoms with Gasteiger partial charge in [0.25, 0.3) is 5.92 Å². The van der Waals surface area contributed by atoms with Crippen LogP contribution in [0.25, 0.3) is 11.3 Å². The summed E-state index contributed by atoms with van der Waals surface area (Å²) < 4.78 is 65.2. The number of fused-ring (bicyclic) bond motifs is 1. The fraction of sp³-hybridized carbons (Fsp3) is 0.667. The van der Waals surface area contributed by atoms with Gasteiger partial charge in [-0.1, -0.05) is 6.92 Å². The average Bonchev–Trinajstić information content (AvgIpc) is 3.14. The minimum atomic E-state index is -3.00. The third kappa shape index (κ3) is 4.84. The van der Waals surface area contributed by atoms with E-state index in [4.69, 9.17) is 15.6 Å². The first kappa shape index (κ1) is 24.3. The summed E-state index contributed by atoms with van der Waals surface area (Å²) in [4.78, 5) is 5.91. The van der Waals surface area contributed by atoms with Gasteiger partial charge in [0.15, 0.2) is 11.6 Å². The molecule has 0 radical (unpaired) electrons. The molecule has 2 aromatic heterocycles. The Kier molecular flexibility index (Phi) is 6.41. The number of rotatable bonds is 7. The van der Waals surface area contributed by atoms with Crippen LogP contribution in [0, 0.1) is 11.8 Å². The highest BCUT2D eigenvalue weighted by molar-refractivity contribution is 5.64. The zero-order chi connectivity index (χ0) is 24.9. The van der Waals surface area contributed by atoms with Crippen molar-refractivity contribution in [2.45, 2.75) is 63.6 Å². The van der Waals surface area contributed by atoms with E-state index in [0.29, 0.717) is 42.2 Å². The van der Waals surface area contributed by atoms with Gasteiger partial charge in [0.1, 0.15) is 6.61 Å². The van der Waals surface area contributed by atoms with Crippen molar-refractivity contribution in [1.82, 2.24) is 19.7 Å². The van der Waals surface area contributed by atoms with Crippen LogP contribution >= 0.6 is 0 Å². The molecule has 2 aliphatic carbocycles. The van der Waals surface area contributed by atoms with Gasteiger partial charge < -0.3 is 15.2 Å². The highest BCUT2D eigenvalue weighted by atomic mass is 19.3. The molecule has 192 valence electrons. The number of anilines is 1. The van der Waals surface area contributed by atoms with Crippen LogP contribution < -0.4 is 10.5 Å². The zero-order valence-electron chi connectivity index (χ0n) is 19.8. The minimum absolute atomic E-state index is 0.108. The summed E-state index contributed by atoms with van der Waals surface area (Å²) in [5.74, 6) is -1.94. The molecule has 5 rings (SSSR count). The summed E-state index contributed by atoms with van der Waals surface area (Å²) in [6.07, 6.45) is 4.14. The normalized spacial score (nSPS) is 29.1. The summed E-state index contributed by atoms with van der Waals surface area (Å²) in [5, 5.41) is 4.80. The van der Waals surface area contributed by atoms with Gasteiger partial charge in [-0.05, 0) is 50.2 Å². The molecule has 3 heterocycles. The lowest BCUT2D eigenvalue weighted by atomic mass is 10.0. The van der Waals surface area contributed by atoms with E-state index in [9.17, 15) is 17.6 Å². The number of halogens is 4. The molecule has 0 aromatic carbocycles. The summed E-state index contributed by atoms with van der Waals surface area (Å²) in [7, 11) is 0. The largest absolute Gasteiger partial charge is 0.431 e. The number of aromatic nitrogens is 3. The third-order valence-electron chi connectivity index (χ3n) is 7.72. The lowest BCUT2D eigenvalue weighted by Gasteiger charge is -2.30. The number of nitrogen functional groups attached to an aromatic ring is 1. The maximum Gasteiger partial charge on any atom is 0.387 e. The van der Waals surface area contributed by atoms with Gasteiger partial charge in [-0.15, -0.1) is 0 Å². The van der Waals surface area contributed by atoms with Crippen molar-refractivity contribution < 1.29 is 27.0 Å². The summed E-state index contributed by atoms with van der Waals surface area (Å²) in [5.41, 5.74) is 7.96. The van der Waals surface area contributed by atoms with Crippen molar-refractivity contribution >= 4 is 5.82 Å². The SMILES string of the molecule is CCC(C)n1nc(-c2cnc(N)c(OC(F)F)c2)cc1C1C2CC(N3CCOCC(F)(F)C3)CC21. The number of hydrogen-bond donors (Lipinski definition) is 1. The smallest absolute Gasteiger partial charge is 0.387 e. The number of alkyl halides is 4. The van der Waals surface area contributed by atoms with E-state index in [2.05, 4.69) is 23.6 Å². The lowest BCUT2D eigenvalue weighted by molar-refractivity contribution is -0.0719. The first-order chi connectivity index (χ1) is 16.7. The molecule has 3 aliphatic rings. The van der Waals surface area contributed by atoms with Crippen molar-refractivity contribution in [1.29, 1.82) is 0 Å². The molecule has 11 heteroatoms. The molecule has 7 nitrogen and oxygen atoms in total. The van der Waals surface area contributed by atoms with E-state index in [0.717, 1.165) is 25.0 Å². The molecule has 1 saturated heterocycles. The topological polar surface area (TPSA) is 78.4 Å². The van der Waals surface area contributed by atoms with E-state index < -0.39 is 19.1 Å². The summed E-state index contributed by atoms with van der Waals surface area (Å²) in [6.45, 7) is 1.29. The Morgan fingerprint density at radius 2 is 2.00 bits per heavy atom. The van der Waals surface area contributed by atoms with Gasteiger partial charge >= 0.3 is 6.61 Å². The zero-order valence-corrected chi connectivity index (χ0v) is 19.8. The van der Waals surface area contributed by atoms with E-state index in [1.807, 2.05) is 15.6 Å². The minimum Gasteiger partial charge on any atom is -0.431 e. The van der Waals surface area contributed by atoms with Crippen LogP contribution in [0.1, 0.15) is 50.8 Å². The predicted molar refractivity (Wildman–Crippen MR) is 122 cm³/mol. The maximum atomic E-state index is 14.0. The van der Waals surface area contributed by atoms with Crippen molar-refractivity contribution in [2.24, 2.45) is 11.8 Å². The fourth-order valence-electron chi connectivity index (χ4n) is 5.80. The molecule has 2 saturated carbocycles. The van der Waals surface area contributed by atoms with Crippen LogP contribution in [-0.2, 0) is 4.74 Å². The maximum absolute atomic E-state index is 14.0. The second kappa shape index (κ2) is 9.24. The molecule has 0 spiro atoms. The lowest BCUT2D eigenvalue weighted by Crippen LogP contribution is -2.43. The summed E-state index contributed by atoms with van der Waals surface area (Å²) >= 11 is 0. The van der Waals surface area contributed by atoms with Crippen LogP contribution in [-0.4, -0.2) is 64.5 Å². The van der Waals surface area contributed by atoms with Crippen molar-refractivity contribution in [3.8, 4) is 17.0 Å². The Hall–Kier alpha value is -2.40. The molecule has 1 aliphatic heterocycles. The molecule has 35 heavy (non-hydrogen) atoms. The Morgan fingerprint density at radius 1 is 1.26 bits per heavy atom. The van der Waals surface area contributed by atoms with E-state index >= 15 is 0 Å². The number of pyridine rings is 1. The fourth-order valence-corrected chi connectivity index (χ4v) is 5.80. The van der Waals surface area contributed by atoms with Gasteiger partial charge in [0, 0.05) is 42.0 Å². The Morgan fingerprint density at radius 3 is 2.69 bits per heavy atom. The van der Waals surface area contributed by atoms with Crippen LogP contribution in [0.3, 0.4) is 0 Å². The van der Waals surface area contributed by atoms with Crippen molar-refractivity contribution in [3.63, 3.8) is 0 Å². The van der Waals surface area contributed by atoms with Gasteiger partial charge in [-0.2, -0.15) is 13.9 Å². The molecule has 3 atom stereocenters. The second-order valence-electron chi connectivity index (χ2n) is 10.00. The Labute approximate surface area is 201 Å². The van der Waals surface area contributed by atoms with Crippen molar-refractivity contribution in [3.05, 3.63) is 24.0 Å². The number of nitrogens with zero attached hydrogens (tertiary/aromatic N) is 4. The van der Waals surface area contributed by atoms with Crippen LogP contribution in [0.4, 0.5) is 23.4 Å². The van der Waals surface area contributed by atoms with E-state index in [1.165, 1.54) is 12.3 Å². The molecule has 2 N–H and O–H groups in total. The highest BCUT2D eigenvalue weighted by Gasteiger charge is 2.59. The van der Waals surface area contributed by atoms with Crippen molar-refractivity contribution in [2.75, 3.05) is 32.0 Å². The molecule has 2 aromatic rings. The van der Waals surface area contributed by atoms with Gasteiger partial charge in [0.05, 0.1) is 18.8 Å². The second-order valence-corrected chi connectivity index (χ2v) is 10.00. The third-order valence-corrected chi connectivity index (χ3v) is 7.72. The van der Waals surface area contributed by atoms with Gasteiger partial charge in [0.2, 0.25) is 0 Å². The molecular weight excluding hydrogens is 466 g/mol. The first-order valence-corrected chi connectivity index (χ1v) is 12.2. The molecule has 0 bridgehead atoms. The van der Waals surface area contributed by atoms with Crippen LogP contribution in [0.15, 0.2) is 18.3 Å². The first-order valence-electron chi connectivity index (χ1n) is 12.2. The Bertz CT molecular complexity index is 1050. The average molecular weight is 498 g/mol. The van der Waals surface area contributed by atoms with Crippen LogP contribution in [0.5, 0.6) is 5.75 Å². The number of hydrogen-bond acceptors (Lipinski definition) is 6.